The summed E-state index contributed by atoms with van der Waals surface area (Å²) in [5, 5.41) is 15.6. The maximum Gasteiger partial charge on any atom is 0.234 e. The maximum absolute atomic E-state index is 11.6. The van der Waals surface area contributed by atoms with Gasteiger partial charge in [0.1, 0.15) is 0 Å². The molecule has 0 aromatic rings. The van der Waals surface area contributed by atoms with Crippen LogP contribution in [0.1, 0.15) is 46.5 Å². The number of hydrogen-bond acceptors (Lipinski definition) is 3. The molecule has 1 saturated carbocycles. The van der Waals surface area contributed by atoms with Crippen LogP contribution in [0.4, 0.5) is 0 Å². The predicted molar refractivity (Wildman–Crippen MR) is 64.2 cm³/mol. The Labute approximate surface area is 97.8 Å². The number of carbonyl (C=O) groups is 1. The zero-order valence-corrected chi connectivity index (χ0v) is 10.5. The number of hydrogen-bond donors (Lipinski definition) is 3. The molecule has 16 heavy (non-hydrogen) atoms. The van der Waals surface area contributed by atoms with Crippen LogP contribution in [0.25, 0.3) is 0 Å². The van der Waals surface area contributed by atoms with Crippen molar-refractivity contribution in [3.63, 3.8) is 0 Å². The molecular weight excluding hydrogens is 204 g/mol. The molecule has 1 aliphatic rings. The summed E-state index contributed by atoms with van der Waals surface area (Å²) in [4.78, 5) is 11.6. The molecule has 0 spiro atoms. The third kappa shape index (κ3) is 5.47. The molecule has 0 heterocycles. The first-order chi connectivity index (χ1) is 7.37. The number of rotatable bonds is 3. The van der Waals surface area contributed by atoms with Crippen LogP contribution < -0.4 is 10.6 Å². The normalized spacial score (nSPS) is 26.5. The Bertz CT molecular complexity index is 236. The smallest absolute Gasteiger partial charge is 0.234 e. The van der Waals surface area contributed by atoms with Gasteiger partial charge in [0.15, 0.2) is 0 Å². The highest BCUT2D eigenvalue weighted by molar-refractivity contribution is 5.78. The summed E-state index contributed by atoms with van der Waals surface area (Å²) >= 11 is 0. The lowest BCUT2D eigenvalue weighted by Gasteiger charge is -2.27. The second-order valence-corrected chi connectivity index (χ2v) is 5.69. The summed E-state index contributed by atoms with van der Waals surface area (Å²) in [6.45, 7) is 6.44. The molecule has 0 saturated heterocycles. The minimum absolute atomic E-state index is 0.0222. The molecule has 4 heteroatoms. The number of aliphatic hydroxyl groups excluding tert-OH is 1. The van der Waals surface area contributed by atoms with E-state index in [1.807, 2.05) is 20.8 Å². The fraction of sp³-hybridized carbons (Fsp3) is 0.917. The van der Waals surface area contributed by atoms with Gasteiger partial charge in [-0.3, -0.25) is 4.79 Å². The van der Waals surface area contributed by atoms with Gasteiger partial charge in [-0.2, -0.15) is 0 Å². The molecule has 0 aromatic heterocycles. The van der Waals surface area contributed by atoms with Crippen molar-refractivity contribution in [1.29, 1.82) is 0 Å². The zero-order valence-electron chi connectivity index (χ0n) is 10.5. The van der Waals surface area contributed by atoms with Crippen LogP contribution in [-0.4, -0.2) is 35.2 Å². The van der Waals surface area contributed by atoms with Gasteiger partial charge in [-0.1, -0.05) is 0 Å². The van der Waals surface area contributed by atoms with Crippen molar-refractivity contribution in [2.45, 2.75) is 64.1 Å². The Kier molecular flexibility index (Phi) is 4.74. The third-order valence-electron chi connectivity index (χ3n) is 2.79. The molecular formula is C12H24N2O2. The second kappa shape index (κ2) is 5.64. The topological polar surface area (TPSA) is 61.4 Å². The summed E-state index contributed by atoms with van der Waals surface area (Å²) in [6, 6.07) is 0.151. The Morgan fingerprint density at radius 1 is 1.38 bits per heavy atom. The number of nitrogens with one attached hydrogen (secondary N) is 2. The maximum atomic E-state index is 11.6. The molecule has 3 N–H and O–H groups in total. The Morgan fingerprint density at radius 2 is 2.06 bits per heavy atom. The molecule has 1 fully saturated rings. The monoisotopic (exact) mass is 228 g/mol. The Balaban J connectivity index is 2.23. The standard InChI is InChI=1S/C12H24N2O2/c1-12(2,3)13-8-11(16)14-9-5-4-6-10(15)7-9/h9-10,13,15H,4-8H2,1-3H3,(H,14,16). The highest BCUT2D eigenvalue weighted by atomic mass is 16.3. The molecule has 1 aliphatic carbocycles. The molecule has 1 rings (SSSR count). The van der Waals surface area contributed by atoms with Crippen molar-refractivity contribution >= 4 is 5.91 Å². The van der Waals surface area contributed by atoms with E-state index in [2.05, 4.69) is 10.6 Å². The van der Waals surface area contributed by atoms with E-state index in [9.17, 15) is 9.90 Å². The molecule has 0 radical (unpaired) electrons. The van der Waals surface area contributed by atoms with E-state index in [1.54, 1.807) is 0 Å². The van der Waals surface area contributed by atoms with E-state index < -0.39 is 0 Å². The first-order valence-electron chi connectivity index (χ1n) is 6.09. The number of carbonyl (C=O) groups excluding carboxylic acids is 1. The summed E-state index contributed by atoms with van der Waals surface area (Å²) in [5.41, 5.74) is -0.0383. The van der Waals surface area contributed by atoms with Crippen molar-refractivity contribution in [2.75, 3.05) is 6.54 Å². The SMILES string of the molecule is CC(C)(C)NCC(=O)NC1CCCC(O)C1. The van der Waals surface area contributed by atoms with Gasteiger partial charge in [-0.15, -0.1) is 0 Å². The number of aliphatic hydroxyl groups is 1. The van der Waals surface area contributed by atoms with Gasteiger partial charge in [-0.05, 0) is 46.5 Å². The van der Waals surface area contributed by atoms with Crippen molar-refractivity contribution in [1.82, 2.24) is 10.6 Å². The van der Waals surface area contributed by atoms with Crippen LogP contribution >= 0.6 is 0 Å². The average molecular weight is 228 g/mol. The zero-order chi connectivity index (χ0) is 12.2. The van der Waals surface area contributed by atoms with Crippen molar-refractivity contribution in [3.8, 4) is 0 Å². The molecule has 2 atom stereocenters. The first-order valence-corrected chi connectivity index (χ1v) is 6.09. The van der Waals surface area contributed by atoms with Gasteiger partial charge in [0.25, 0.3) is 0 Å². The molecule has 0 aliphatic heterocycles. The molecule has 4 nitrogen and oxygen atoms in total. The van der Waals surface area contributed by atoms with Crippen LogP contribution in [0.5, 0.6) is 0 Å². The summed E-state index contributed by atoms with van der Waals surface area (Å²) in [6.07, 6.45) is 3.31. The lowest BCUT2D eigenvalue weighted by atomic mass is 9.93. The minimum atomic E-state index is -0.241. The fourth-order valence-corrected chi connectivity index (χ4v) is 1.92. The Hall–Kier alpha value is -0.610. The van der Waals surface area contributed by atoms with Crippen molar-refractivity contribution in [3.05, 3.63) is 0 Å². The van der Waals surface area contributed by atoms with Crippen LogP contribution in [0, 0.1) is 0 Å². The van der Waals surface area contributed by atoms with Gasteiger partial charge >= 0.3 is 0 Å². The summed E-state index contributed by atoms with van der Waals surface area (Å²) in [7, 11) is 0. The molecule has 94 valence electrons. The van der Waals surface area contributed by atoms with E-state index in [4.69, 9.17) is 0 Å². The molecule has 2 unspecified atom stereocenters. The van der Waals surface area contributed by atoms with Crippen LogP contribution in [-0.2, 0) is 4.79 Å². The second-order valence-electron chi connectivity index (χ2n) is 5.69. The van der Waals surface area contributed by atoms with Gasteiger partial charge in [0.2, 0.25) is 5.91 Å². The van der Waals surface area contributed by atoms with E-state index in [0.717, 1.165) is 19.3 Å². The van der Waals surface area contributed by atoms with E-state index in [0.29, 0.717) is 13.0 Å². The van der Waals surface area contributed by atoms with Crippen molar-refractivity contribution < 1.29 is 9.90 Å². The average Bonchev–Trinajstić information content (AvgIpc) is 2.14. The highest BCUT2D eigenvalue weighted by Crippen LogP contribution is 2.18. The molecule has 0 aromatic carbocycles. The quantitative estimate of drug-likeness (QED) is 0.669. The van der Waals surface area contributed by atoms with Gasteiger partial charge in [0.05, 0.1) is 12.6 Å². The molecule has 0 bridgehead atoms. The van der Waals surface area contributed by atoms with Crippen LogP contribution in [0.15, 0.2) is 0 Å². The lowest BCUT2D eigenvalue weighted by Crippen LogP contribution is -2.47. The molecule has 1 amide bonds. The first kappa shape index (κ1) is 13.5. The van der Waals surface area contributed by atoms with Gasteiger partial charge in [0, 0.05) is 11.6 Å². The third-order valence-corrected chi connectivity index (χ3v) is 2.79. The van der Waals surface area contributed by atoms with Crippen molar-refractivity contribution in [2.24, 2.45) is 0 Å². The fourth-order valence-electron chi connectivity index (χ4n) is 1.92. The van der Waals surface area contributed by atoms with E-state index >= 15 is 0 Å². The van der Waals surface area contributed by atoms with Gasteiger partial charge in [-0.25, -0.2) is 0 Å². The predicted octanol–water partition coefficient (Wildman–Crippen LogP) is 0.794. The largest absolute Gasteiger partial charge is 0.393 e. The number of amides is 1. The highest BCUT2D eigenvalue weighted by Gasteiger charge is 2.21. The van der Waals surface area contributed by atoms with Gasteiger partial charge < -0.3 is 15.7 Å². The van der Waals surface area contributed by atoms with E-state index in [1.165, 1.54) is 0 Å². The van der Waals surface area contributed by atoms with E-state index in [-0.39, 0.29) is 23.6 Å². The minimum Gasteiger partial charge on any atom is -0.393 e. The Morgan fingerprint density at radius 3 is 2.62 bits per heavy atom. The van der Waals surface area contributed by atoms with Crippen LogP contribution in [0.2, 0.25) is 0 Å². The summed E-state index contributed by atoms with van der Waals surface area (Å²) in [5.74, 6) is 0.0222. The summed E-state index contributed by atoms with van der Waals surface area (Å²) < 4.78 is 0. The van der Waals surface area contributed by atoms with Crippen LogP contribution in [0.3, 0.4) is 0 Å². The lowest BCUT2D eigenvalue weighted by molar-refractivity contribution is -0.121.